The van der Waals surface area contributed by atoms with E-state index in [4.69, 9.17) is 32.7 Å². The minimum absolute atomic E-state index is 0.237. The monoisotopic (exact) mass is 534 g/mol. The van der Waals surface area contributed by atoms with E-state index in [0.717, 1.165) is 4.47 Å². The Morgan fingerprint density at radius 2 is 1.78 bits per heavy atom. The van der Waals surface area contributed by atoms with Crippen LogP contribution >= 0.6 is 39.1 Å². The van der Waals surface area contributed by atoms with Gasteiger partial charge in [0.1, 0.15) is 11.5 Å². The number of hydrogen-bond acceptors (Lipinski definition) is 5. The van der Waals surface area contributed by atoms with Crippen LogP contribution < -0.4 is 14.9 Å². The smallest absolute Gasteiger partial charge is 0.345 e. The fraction of sp³-hybridized carbons (Fsp3) is 0.0870. The van der Waals surface area contributed by atoms with Crippen LogP contribution in [0.25, 0.3) is 0 Å². The molecule has 0 saturated heterocycles. The Bertz CT molecular complexity index is 1150. The number of ether oxygens (including phenoxy) is 2. The number of halogens is 3. The zero-order chi connectivity index (χ0) is 23.1. The Balaban J connectivity index is 1.66. The van der Waals surface area contributed by atoms with Crippen LogP contribution in [0, 0.1) is 0 Å². The van der Waals surface area contributed by atoms with Crippen molar-refractivity contribution in [1.29, 1.82) is 0 Å². The highest BCUT2D eigenvalue weighted by molar-refractivity contribution is 9.10. The highest BCUT2D eigenvalue weighted by Crippen LogP contribution is 2.24. The second-order valence-corrected chi connectivity index (χ2v) is 8.26. The van der Waals surface area contributed by atoms with Crippen LogP contribution in [0.1, 0.15) is 22.8 Å². The van der Waals surface area contributed by atoms with Crippen molar-refractivity contribution >= 4 is 57.2 Å². The SMILES string of the molecule is CC(Oc1ccc(Cl)cc1)C(=O)N/N=C/c1cc(Br)ccc1OC(=O)c1ccccc1Cl. The van der Waals surface area contributed by atoms with Crippen molar-refractivity contribution in [1.82, 2.24) is 5.43 Å². The molecule has 1 unspecified atom stereocenters. The zero-order valence-corrected chi connectivity index (χ0v) is 19.8. The predicted molar refractivity (Wildman–Crippen MR) is 128 cm³/mol. The van der Waals surface area contributed by atoms with Gasteiger partial charge < -0.3 is 9.47 Å². The number of carbonyl (C=O) groups excluding carboxylic acids is 2. The van der Waals surface area contributed by atoms with Gasteiger partial charge in [0.25, 0.3) is 5.91 Å². The first kappa shape index (κ1) is 23.8. The first-order valence-corrected chi connectivity index (χ1v) is 10.9. The molecule has 0 bridgehead atoms. The number of rotatable bonds is 7. The zero-order valence-electron chi connectivity index (χ0n) is 16.7. The number of hydrazone groups is 1. The van der Waals surface area contributed by atoms with Crippen LogP contribution in [0.4, 0.5) is 0 Å². The molecule has 164 valence electrons. The first-order chi connectivity index (χ1) is 15.3. The minimum Gasteiger partial charge on any atom is -0.481 e. The molecule has 0 heterocycles. The molecule has 0 spiro atoms. The largest absolute Gasteiger partial charge is 0.481 e. The molecule has 0 aliphatic rings. The van der Waals surface area contributed by atoms with E-state index < -0.39 is 18.0 Å². The number of benzene rings is 3. The van der Waals surface area contributed by atoms with Crippen LogP contribution in [0.15, 0.2) is 76.3 Å². The molecule has 6 nitrogen and oxygen atoms in total. The fourth-order valence-electron chi connectivity index (χ4n) is 2.52. The standard InChI is InChI=1S/C23H17BrCl2N2O4/c1-14(31-18-9-7-17(25)8-10-18)22(29)28-27-13-15-12-16(24)6-11-21(15)32-23(30)19-4-2-3-5-20(19)26/h2-14H,1H3,(H,28,29)/b27-13+. The molecule has 3 aromatic carbocycles. The molecule has 0 aliphatic heterocycles. The van der Waals surface area contributed by atoms with E-state index in [1.807, 2.05) is 0 Å². The van der Waals surface area contributed by atoms with Gasteiger partial charge in [-0.1, -0.05) is 51.3 Å². The predicted octanol–water partition coefficient (Wildman–Crippen LogP) is 5.89. The lowest BCUT2D eigenvalue weighted by molar-refractivity contribution is -0.127. The molecule has 0 fully saturated rings. The fourth-order valence-corrected chi connectivity index (χ4v) is 3.24. The van der Waals surface area contributed by atoms with Crippen molar-refractivity contribution in [3.05, 3.63) is 92.4 Å². The topological polar surface area (TPSA) is 77.0 Å². The average molecular weight is 536 g/mol. The molecule has 0 saturated carbocycles. The summed E-state index contributed by atoms with van der Waals surface area (Å²) in [6, 6.07) is 18.3. The van der Waals surface area contributed by atoms with Gasteiger partial charge in [-0.15, -0.1) is 0 Å². The van der Waals surface area contributed by atoms with Gasteiger partial charge in [0, 0.05) is 15.1 Å². The highest BCUT2D eigenvalue weighted by Gasteiger charge is 2.16. The number of esters is 1. The van der Waals surface area contributed by atoms with E-state index in [9.17, 15) is 9.59 Å². The molecule has 32 heavy (non-hydrogen) atoms. The molecule has 3 aromatic rings. The van der Waals surface area contributed by atoms with E-state index >= 15 is 0 Å². The summed E-state index contributed by atoms with van der Waals surface area (Å²) >= 11 is 15.3. The summed E-state index contributed by atoms with van der Waals surface area (Å²) in [6.45, 7) is 1.59. The van der Waals surface area contributed by atoms with Gasteiger partial charge in [0.05, 0.1) is 16.8 Å². The third kappa shape index (κ3) is 6.56. The number of amides is 1. The average Bonchev–Trinajstić information content (AvgIpc) is 2.77. The summed E-state index contributed by atoms with van der Waals surface area (Å²) in [5.41, 5.74) is 3.11. The van der Waals surface area contributed by atoms with Gasteiger partial charge in [0.2, 0.25) is 0 Å². The number of nitrogens with zero attached hydrogens (tertiary/aromatic N) is 1. The second kappa shape index (κ2) is 11.1. The Hall–Kier alpha value is -2.87. The molecule has 3 rings (SSSR count). The van der Waals surface area contributed by atoms with Crippen LogP contribution in [-0.2, 0) is 4.79 Å². The Labute approximate surface area is 203 Å². The second-order valence-electron chi connectivity index (χ2n) is 6.50. The molecule has 1 amide bonds. The number of nitrogens with one attached hydrogen (secondary N) is 1. The maximum Gasteiger partial charge on any atom is 0.345 e. The van der Waals surface area contributed by atoms with Crippen molar-refractivity contribution in [3.8, 4) is 11.5 Å². The third-order valence-corrected chi connectivity index (χ3v) is 5.22. The minimum atomic E-state index is -0.798. The molecule has 0 radical (unpaired) electrons. The molecular formula is C23H17BrCl2N2O4. The van der Waals surface area contributed by atoms with E-state index in [0.29, 0.717) is 16.3 Å². The normalized spacial score (nSPS) is 11.8. The molecule has 0 aliphatic carbocycles. The molecule has 1 N–H and O–H groups in total. The Morgan fingerprint density at radius 3 is 2.50 bits per heavy atom. The maximum atomic E-state index is 12.5. The quantitative estimate of drug-likeness (QED) is 0.177. The summed E-state index contributed by atoms with van der Waals surface area (Å²) in [7, 11) is 0. The lowest BCUT2D eigenvalue weighted by Gasteiger charge is -2.13. The van der Waals surface area contributed by atoms with Gasteiger partial charge in [-0.2, -0.15) is 5.10 Å². The number of hydrogen-bond donors (Lipinski definition) is 1. The lowest BCUT2D eigenvalue weighted by atomic mass is 10.2. The van der Waals surface area contributed by atoms with Crippen molar-refractivity contribution < 1.29 is 19.1 Å². The lowest BCUT2D eigenvalue weighted by Crippen LogP contribution is -2.33. The van der Waals surface area contributed by atoms with Crippen molar-refractivity contribution in [3.63, 3.8) is 0 Å². The summed E-state index contributed by atoms with van der Waals surface area (Å²) < 4.78 is 11.8. The Kier molecular flexibility index (Phi) is 8.27. The molecule has 0 aromatic heterocycles. The Morgan fingerprint density at radius 1 is 1.06 bits per heavy atom. The van der Waals surface area contributed by atoms with E-state index in [1.165, 1.54) is 6.21 Å². The maximum absolute atomic E-state index is 12.5. The third-order valence-electron chi connectivity index (χ3n) is 4.14. The van der Waals surface area contributed by atoms with E-state index in [-0.39, 0.29) is 16.3 Å². The molecule has 1 atom stereocenters. The summed E-state index contributed by atoms with van der Waals surface area (Å²) in [5, 5.41) is 4.81. The van der Waals surface area contributed by atoms with Crippen molar-refractivity contribution in [2.75, 3.05) is 0 Å². The van der Waals surface area contributed by atoms with Gasteiger partial charge >= 0.3 is 5.97 Å². The van der Waals surface area contributed by atoms with Crippen LogP contribution in [0.3, 0.4) is 0 Å². The van der Waals surface area contributed by atoms with Gasteiger partial charge in [0.15, 0.2) is 6.10 Å². The number of carbonyl (C=O) groups is 2. The van der Waals surface area contributed by atoms with E-state index in [1.54, 1.807) is 73.7 Å². The summed E-state index contributed by atoms with van der Waals surface area (Å²) in [6.07, 6.45) is 0.570. The van der Waals surface area contributed by atoms with Crippen LogP contribution in [0.5, 0.6) is 11.5 Å². The summed E-state index contributed by atoms with van der Waals surface area (Å²) in [4.78, 5) is 24.8. The van der Waals surface area contributed by atoms with Crippen molar-refractivity contribution in [2.24, 2.45) is 5.10 Å². The van der Waals surface area contributed by atoms with Crippen LogP contribution in [-0.4, -0.2) is 24.2 Å². The molecule has 9 heteroatoms. The summed E-state index contributed by atoms with van der Waals surface area (Å²) in [5.74, 6) is -0.314. The van der Waals surface area contributed by atoms with Crippen LogP contribution in [0.2, 0.25) is 10.0 Å². The van der Waals surface area contributed by atoms with Crippen molar-refractivity contribution in [2.45, 2.75) is 13.0 Å². The highest BCUT2D eigenvalue weighted by atomic mass is 79.9. The first-order valence-electron chi connectivity index (χ1n) is 9.35. The van der Waals surface area contributed by atoms with Gasteiger partial charge in [-0.05, 0) is 61.5 Å². The van der Waals surface area contributed by atoms with E-state index in [2.05, 4.69) is 26.5 Å². The molecular weight excluding hydrogens is 519 g/mol. The van der Waals surface area contributed by atoms with Gasteiger partial charge in [-0.25, -0.2) is 10.2 Å². The van der Waals surface area contributed by atoms with Gasteiger partial charge in [-0.3, -0.25) is 4.79 Å².